The number of rotatable bonds is 6. The van der Waals surface area contributed by atoms with Gasteiger partial charge in [-0.3, -0.25) is 4.79 Å². The van der Waals surface area contributed by atoms with Gasteiger partial charge in [0.1, 0.15) is 0 Å². The van der Waals surface area contributed by atoms with E-state index in [1.807, 2.05) is 6.92 Å². The van der Waals surface area contributed by atoms with Crippen LogP contribution in [0.2, 0.25) is 0 Å². The summed E-state index contributed by atoms with van der Waals surface area (Å²) in [4.78, 5) is 14.4. The highest BCUT2D eigenvalue weighted by Crippen LogP contribution is 2.39. The lowest BCUT2D eigenvalue weighted by Gasteiger charge is -2.35. The minimum Gasteiger partial charge on any atom is -0.368 e. The Morgan fingerprint density at radius 3 is 2.30 bits per heavy atom. The summed E-state index contributed by atoms with van der Waals surface area (Å²) in [5.41, 5.74) is 5.03. The number of primary amides is 1. The second kappa shape index (κ2) is 6.02. The number of likely N-dealkylation sites (tertiary alicyclic amines) is 1. The van der Waals surface area contributed by atoms with E-state index < -0.39 is 5.54 Å². The molecule has 4 heteroatoms. The van der Waals surface area contributed by atoms with E-state index in [1.54, 1.807) is 0 Å². The van der Waals surface area contributed by atoms with Gasteiger partial charge in [0.05, 0.1) is 5.54 Å². The van der Waals surface area contributed by atoms with Crippen LogP contribution in [0.4, 0.5) is 0 Å². The number of carbonyl (C=O) groups excluding carboxylic acids is 1. The fraction of sp³-hybridized carbons (Fsp3) is 0.938. The summed E-state index contributed by atoms with van der Waals surface area (Å²) in [6.07, 6.45) is 4.99. The zero-order chi connectivity index (χ0) is 14.9. The summed E-state index contributed by atoms with van der Waals surface area (Å²) < 4.78 is 0. The van der Waals surface area contributed by atoms with Crippen molar-refractivity contribution in [3.05, 3.63) is 0 Å². The highest BCUT2D eigenvalue weighted by molar-refractivity contribution is 5.84. The molecule has 0 aromatic carbocycles. The van der Waals surface area contributed by atoms with Crippen LogP contribution in [0, 0.1) is 11.8 Å². The van der Waals surface area contributed by atoms with Crippen LogP contribution in [0.1, 0.15) is 53.4 Å². The molecule has 1 saturated carbocycles. The van der Waals surface area contributed by atoms with Gasteiger partial charge in [0.2, 0.25) is 5.91 Å². The van der Waals surface area contributed by atoms with Gasteiger partial charge < -0.3 is 16.0 Å². The number of nitrogens with zero attached hydrogens (tertiary/aromatic N) is 1. The highest BCUT2D eigenvalue weighted by Gasteiger charge is 2.40. The van der Waals surface area contributed by atoms with Gasteiger partial charge in [0.15, 0.2) is 0 Å². The molecule has 116 valence electrons. The van der Waals surface area contributed by atoms with Crippen molar-refractivity contribution >= 4 is 5.91 Å². The van der Waals surface area contributed by atoms with Gasteiger partial charge in [0.25, 0.3) is 0 Å². The van der Waals surface area contributed by atoms with Crippen molar-refractivity contribution < 1.29 is 4.79 Å². The van der Waals surface area contributed by atoms with Crippen molar-refractivity contribution in [1.29, 1.82) is 0 Å². The summed E-state index contributed by atoms with van der Waals surface area (Å²) in [5.74, 6) is 1.56. The standard InChI is InChI=1S/C16H31N3O/c1-11(2)18-16(4,15(17)20)8-12(3)19-9-13-6-5-7-14(13)10-19/h11-14,18H,5-10H2,1-4H3,(H2,17,20). The fourth-order valence-electron chi connectivity index (χ4n) is 4.22. The van der Waals surface area contributed by atoms with E-state index >= 15 is 0 Å². The van der Waals surface area contributed by atoms with E-state index in [-0.39, 0.29) is 11.9 Å². The van der Waals surface area contributed by atoms with Crippen molar-refractivity contribution in [2.24, 2.45) is 17.6 Å². The maximum absolute atomic E-state index is 11.8. The first-order chi connectivity index (χ1) is 9.32. The third-order valence-electron chi connectivity index (χ3n) is 5.23. The van der Waals surface area contributed by atoms with Crippen LogP contribution in [0.3, 0.4) is 0 Å². The van der Waals surface area contributed by atoms with Gasteiger partial charge in [0, 0.05) is 25.2 Å². The number of fused-ring (bicyclic) bond motifs is 1. The summed E-state index contributed by atoms with van der Waals surface area (Å²) in [7, 11) is 0. The van der Waals surface area contributed by atoms with Crippen LogP contribution in [-0.2, 0) is 4.79 Å². The molecule has 3 N–H and O–H groups in total. The van der Waals surface area contributed by atoms with Crippen molar-refractivity contribution in [1.82, 2.24) is 10.2 Å². The van der Waals surface area contributed by atoms with Crippen LogP contribution in [0.15, 0.2) is 0 Å². The van der Waals surface area contributed by atoms with Gasteiger partial charge in [-0.15, -0.1) is 0 Å². The van der Waals surface area contributed by atoms with Crippen LogP contribution < -0.4 is 11.1 Å². The quantitative estimate of drug-likeness (QED) is 0.779. The van der Waals surface area contributed by atoms with Gasteiger partial charge in [-0.25, -0.2) is 0 Å². The van der Waals surface area contributed by atoms with Crippen LogP contribution >= 0.6 is 0 Å². The number of nitrogens with two attached hydrogens (primary N) is 1. The third kappa shape index (κ3) is 3.34. The van der Waals surface area contributed by atoms with Gasteiger partial charge >= 0.3 is 0 Å². The molecule has 0 aromatic heterocycles. The molecule has 1 saturated heterocycles. The Morgan fingerprint density at radius 1 is 1.30 bits per heavy atom. The second-order valence-electron chi connectivity index (χ2n) is 7.45. The normalized spacial score (nSPS) is 31.2. The predicted octanol–water partition coefficient (Wildman–Crippen LogP) is 1.74. The van der Waals surface area contributed by atoms with Crippen LogP contribution in [0.25, 0.3) is 0 Å². The molecule has 0 spiro atoms. The molecule has 1 amide bonds. The van der Waals surface area contributed by atoms with Crippen molar-refractivity contribution in [3.8, 4) is 0 Å². The number of carbonyl (C=O) groups is 1. The molecule has 4 nitrogen and oxygen atoms in total. The molecule has 0 radical (unpaired) electrons. The predicted molar refractivity (Wildman–Crippen MR) is 82.4 cm³/mol. The average molecular weight is 281 g/mol. The maximum atomic E-state index is 11.8. The van der Waals surface area contributed by atoms with E-state index in [4.69, 9.17) is 5.73 Å². The molecule has 20 heavy (non-hydrogen) atoms. The molecule has 2 aliphatic rings. The lowest BCUT2D eigenvalue weighted by molar-refractivity contribution is -0.124. The van der Waals surface area contributed by atoms with E-state index in [9.17, 15) is 4.79 Å². The Hall–Kier alpha value is -0.610. The number of hydrogen-bond acceptors (Lipinski definition) is 3. The molecular weight excluding hydrogens is 250 g/mol. The molecule has 2 rings (SSSR count). The molecule has 1 aliphatic heterocycles. The Balaban J connectivity index is 1.95. The van der Waals surface area contributed by atoms with E-state index in [0.29, 0.717) is 6.04 Å². The molecule has 1 aliphatic carbocycles. The topological polar surface area (TPSA) is 58.4 Å². The zero-order valence-electron chi connectivity index (χ0n) is 13.5. The lowest BCUT2D eigenvalue weighted by Crippen LogP contribution is -2.58. The first kappa shape index (κ1) is 15.8. The Kier molecular flexibility index (Phi) is 4.75. The summed E-state index contributed by atoms with van der Waals surface area (Å²) in [6.45, 7) is 10.7. The molecule has 2 fully saturated rings. The minimum atomic E-state index is -0.606. The number of hydrogen-bond donors (Lipinski definition) is 2. The number of amides is 1. The second-order valence-corrected chi connectivity index (χ2v) is 7.45. The number of nitrogens with one attached hydrogen (secondary N) is 1. The molecular formula is C16H31N3O. The van der Waals surface area contributed by atoms with E-state index in [2.05, 4.69) is 31.0 Å². The first-order valence-electron chi connectivity index (χ1n) is 8.13. The fourth-order valence-corrected chi connectivity index (χ4v) is 4.22. The van der Waals surface area contributed by atoms with Gasteiger partial charge in [-0.2, -0.15) is 0 Å². The largest absolute Gasteiger partial charge is 0.368 e. The summed E-state index contributed by atoms with van der Waals surface area (Å²) >= 11 is 0. The molecule has 4 atom stereocenters. The molecule has 0 bridgehead atoms. The Labute approximate surface area is 123 Å². The summed E-state index contributed by atoms with van der Waals surface area (Å²) in [5, 5.41) is 3.36. The zero-order valence-corrected chi connectivity index (χ0v) is 13.5. The van der Waals surface area contributed by atoms with Crippen molar-refractivity contribution in [2.45, 2.75) is 71.0 Å². The lowest BCUT2D eigenvalue weighted by atomic mass is 9.91. The highest BCUT2D eigenvalue weighted by atomic mass is 16.1. The van der Waals surface area contributed by atoms with Gasteiger partial charge in [-0.05, 0) is 58.8 Å². The third-order valence-corrected chi connectivity index (χ3v) is 5.23. The molecule has 0 aromatic rings. The van der Waals surface area contributed by atoms with E-state index in [0.717, 1.165) is 18.3 Å². The Morgan fingerprint density at radius 2 is 1.85 bits per heavy atom. The summed E-state index contributed by atoms with van der Waals surface area (Å²) in [6, 6.07) is 0.669. The van der Waals surface area contributed by atoms with Crippen LogP contribution in [0.5, 0.6) is 0 Å². The SMILES string of the molecule is CC(C)NC(C)(CC(C)N1CC2CCCC2C1)C(N)=O. The van der Waals surface area contributed by atoms with Crippen molar-refractivity contribution in [3.63, 3.8) is 0 Å². The molecule has 4 unspecified atom stereocenters. The molecule has 1 heterocycles. The van der Waals surface area contributed by atoms with Gasteiger partial charge in [-0.1, -0.05) is 6.42 Å². The maximum Gasteiger partial charge on any atom is 0.237 e. The van der Waals surface area contributed by atoms with Crippen LogP contribution in [-0.4, -0.2) is 41.5 Å². The Bertz CT molecular complexity index is 346. The average Bonchev–Trinajstić information content (AvgIpc) is 2.86. The minimum absolute atomic E-state index is 0.238. The van der Waals surface area contributed by atoms with E-state index in [1.165, 1.54) is 32.4 Å². The van der Waals surface area contributed by atoms with Crippen molar-refractivity contribution in [2.75, 3.05) is 13.1 Å². The monoisotopic (exact) mass is 281 g/mol. The first-order valence-corrected chi connectivity index (χ1v) is 8.13. The smallest absolute Gasteiger partial charge is 0.237 e.